The first-order valence-corrected chi connectivity index (χ1v) is 7.42. The van der Waals surface area contributed by atoms with Crippen molar-refractivity contribution in [2.75, 3.05) is 24.5 Å². The molecule has 0 aliphatic carbocycles. The third kappa shape index (κ3) is 3.47. The molecule has 1 aromatic rings. The van der Waals surface area contributed by atoms with Gasteiger partial charge in [0.15, 0.2) is 0 Å². The van der Waals surface area contributed by atoms with Gasteiger partial charge in [0.1, 0.15) is 5.82 Å². The van der Waals surface area contributed by atoms with Crippen molar-refractivity contribution in [2.45, 2.75) is 46.5 Å². The number of nitrogens with zero attached hydrogens (tertiary/aromatic N) is 3. The molecule has 0 amide bonds. The highest BCUT2D eigenvalue weighted by atomic mass is 15.4. The minimum absolute atomic E-state index is 0.298. The Morgan fingerprint density at radius 1 is 1.42 bits per heavy atom. The molecule has 5 heteroatoms. The Labute approximate surface area is 116 Å². The average Bonchev–Trinajstić information content (AvgIpc) is 2.88. The maximum absolute atomic E-state index is 5.84. The molecule has 108 valence electrons. The third-order valence-electron chi connectivity index (χ3n) is 4.50. The fraction of sp³-hybridized carbons (Fsp3) is 0.857. The predicted octanol–water partition coefficient (Wildman–Crippen LogP) is 1.96. The van der Waals surface area contributed by atoms with E-state index in [0.29, 0.717) is 11.3 Å². The summed E-state index contributed by atoms with van der Waals surface area (Å²) in [5.41, 5.74) is 6.14. The van der Waals surface area contributed by atoms with Crippen molar-refractivity contribution in [2.24, 2.45) is 17.1 Å². The van der Waals surface area contributed by atoms with Crippen molar-refractivity contribution < 1.29 is 0 Å². The van der Waals surface area contributed by atoms with Gasteiger partial charge in [-0.3, -0.25) is 5.10 Å². The van der Waals surface area contributed by atoms with Crippen molar-refractivity contribution in [1.29, 1.82) is 0 Å². The molecule has 1 saturated heterocycles. The monoisotopic (exact) mass is 265 g/mol. The second-order valence-corrected chi connectivity index (χ2v) is 6.30. The first-order valence-electron chi connectivity index (χ1n) is 7.42. The van der Waals surface area contributed by atoms with Gasteiger partial charge in [-0.15, -0.1) is 5.10 Å². The Morgan fingerprint density at radius 3 is 2.68 bits per heavy atom. The zero-order valence-electron chi connectivity index (χ0n) is 12.4. The van der Waals surface area contributed by atoms with E-state index in [1.807, 2.05) is 0 Å². The van der Waals surface area contributed by atoms with Crippen LogP contribution < -0.4 is 10.6 Å². The second kappa shape index (κ2) is 5.90. The number of rotatable bonds is 5. The van der Waals surface area contributed by atoms with E-state index in [9.17, 15) is 0 Å². The van der Waals surface area contributed by atoms with Crippen LogP contribution in [-0.2, 0) is 6.42 Å². The summed E-state index contributed by atoms with van der Waals surface area (Å²) in [4.78, 5) is 6.90. The maximum atomic E-state index is 5.84. The molecular weight excluding hydrogens is 238 g/mol. The fourth-order valence-corrected chi connectivity index (χ4v) is 2.44. The Bertz CT molecular complexity index is 392. The van der Waals surface area contributed by atoms with Crippen LogP contribution in [0.1, 0.15) is 45.9 Å². The minimum atomic E-state index is 0.298. The van der Waals surface area contributed by atoms with E-state index < -0.39 is 0 Å². The van der Waals surface area contributed by atoms with Gasteiger partial charge in [0.2, 0.25) is 5.95 Å². The lowest BCUT2D eigenvalue weighted by Crippen LogP contribution is -2.42. The Hall–Kier alpha value is -1.10. The van der Waals surface area contributed by atoms with E-state index >= 15 is 0 Å². The summed E-state index contributed by atoms with van der Waals surface area (Å²) in [6, 6.07) is 0. The highest BCUT2D eigenvalue weighted by molar-refractivity contribution is 5.29. The van der Waals surface area contributed by atoms with E-state index in [0.717, 1.165) is 50.7 Å². The molecule has 0 saturated carbocycles. The Morgan fingerprint density at radius 2 is 2.11 bits per heavy atom. The maximum Gasteiger partial charge on any atom is 0.244 e. The number of H-pyrrole nitrogens is 1. The lowest BCUT2D eigenvalue weighted by atomic mass is 9.81. The van der Waals surface area contributed by atoms with Crippen molar-refractivity contribution >= 4 is 5.95 Å². The van der Waals surface area contributed by atoms with E-state index in [1.54, 1.807) is 0 Å². The van der Waals surface area contributed by atoms with Gasteiger partial charge in [0.05, 0.1) is 0 Å². The Kier molecular flexibility index (Phi) is 4.45. The second-order valence-electron chi connectivity index (χ2n) is 6.30. The van der Waals surface area contributed by atoms with E-state index in [2.05, 4.69) is 40.9 Å². The molecule has 1 aliphatic rings. The van der Waals surface area contributed by atoms with Gasteiger partial charge in [0, 0.05) is 19.5 Å². The summed E-state index contributed by atoms with van der Waals surface area (Å²) in [5, 5.41) is 7.43. The summed E-state index contributed by atoms with van der Waals surface area (Å²) >= 11 is 0. The normalized spacial score (nSPS) is 20.5. The Balaban J connectivity index is 1.93. The first kappa shape index (κ1) is 14.3. The summed E-state index contributed by atoms with van der Waals surface area (Å²) in [7, 11) is 0. The summed E-state index contributed by atoms with van der Waals surface area (Å²) in [6.45, 7) is 9.52. The number of aromatic nitrogens is 3. The summed E-state index contributed by atoms with van der Waals surface area (Å²) in [5.74, 6) is 2.52. The number of nitrogens with two attached hydrogens (primary N) is 1. The fourth-order valence-electron chi connectivity index (χ4n) is 2.44. The van der Waals surface area contributed by atoms with E-state index in [1.165, 1.54) is 6.42 Å². The number of piperidine rings is 1. The van der Waals surface area contributed by atoms with Crippen LogP contribution in [-0.4, -0.2) is 34.8 Å². The van der Waals surface area contributed by atoms with Crippen LogP contribution in [0, 0.1) is 11.3 Å². The topological polar surface area (TPSA) is 70.8 Å². The van der Waals surface area contributed by atoms with E-state index in [4.69, 9.17) is 5.73 Å². The molecule has 0 radical (unpaired) electrons. The molecule has 1 aliphatic heterocycles. The molecule has 5 nitrogen and oxygen atoms in total. The lowest BCUT2D eigenvalue weighted by Gasteiger charge is -2.38. The molecular formula is C14H27N5. The molecule has 1 unspecified atom stereocenters. The van der Waals surface area contributed by atoms with Crippen LogP contribution in [0.4, 0.5) is 5.95 Å². The number of aromatic amines is 1. The highest BCUT2D eigenvalue weighted by Gasteiger charge is 2.30. The largest absolute Gasteiger partial charge is 0.340 e. The summed E-state index contributed by atoms with van der Waals surface area (Å²) in [6.07, 6.45) is 4.41. The molecule has 1 atom stereocenters. The van der Waals surface area contributed by atoms with Crippen LogP contribution in [0.3, 0.4) is 0 Å². The average molecular weight is 265 g/mol. The predicted molar refractivity (Wildman–Crippen MR) is 78.2 cm³/mol. The number of nitrogens with one attached hydrogen (secondary N) is 1. The number of hydrogen-bond acceptors (Lipinski definition) is 4. The number of anilines is 1. The third-order valence-corrected chi connectivity index (χ3v) is 4.50. The van der Waals surface area contributed by atoms with Crippen LogP contribution in [0.5, 0.6) is 0 Å². The van der Waals surface area contributed by atoms with Gasteiger partial charge in [0.25, 0.3) is 0 Å². The van der Waals surface area contributed by atoms with Crippen molar-refractivity contribution in [3.63, 3.8) is 0 Å². The van der Waals surface area contributed by atoms with Gasteiger partial charge < -0.3 is 10.6 Å². The molecule has 0 aromatic carbocycles. The van der Waals surface area contributed by atoms with Crippen molar-refractivity contribution in [1.82, 2.24) is 15.2 Å². The van der Waals surface area contributed by atoms with Crippen molar-refractivity contribution in [3.8, 4) is 0 Å². The first-order chi connectivity index (χ1) is 9.06. The van der Waals surface area contributed by atoms with Crippen LogP contribution in [0.15, 0.2) is 0 Å². The zero-order valence-corrected chi connectivity index (χ0v) is 12.4. The van der Waals surface area contributed by atoms with E-state index in [-0.39, 0.29) is 0 Å². The lowest BCUT2D eigenvalue weighted by molar-refractivity contribution is 0.257. The van der Waals surface area contributed by atoms with Gasteiger partial charge in [-0.1, -0.05) is 27.2 Å². The molecule has 0 bridgehead atoms. The molecule has 19 heavy (non-hydrogen) atoms. The molecule has 0 spiro atoms. The molecule has 1 aromatic heterocycles. The van der Waals surface area contributed by atoms with Gasteiger partial charge in [-0.2, -0.15) is 4.98 Å². The zero-order chi connectivity index (χ0) is 13.9. The van der Waals surface area contributed by atoms with Gasteiger partial charge in [-0.25, -0.2) is 0 Å². The quantitative estimate of drug-likeness (QED) is 0.853. The van der Waals surface area contributed by atoms with Crippen LogP contribution in [0.25, 0.3) is 0 Å². The molecule has 2 heterocycles. The summed E-state index contributed by atoms with van der Waals surface area (Å²) < 4.78 is 0. The standard InChI is InChI=1S/C14H27N5/c1-4-11(2)9-12-16-13(18-17-12)19-7-5-14(3,10-15)6-8-19/h11H,4-10,15H2,1-3H3,(H,16,17,18). The minimum Gasteiger partial charge on any atom is -0.340 e. The SMILES string of the molecule is CCC(C)Cc1nc(N2CCC(C)(CN)CC2)n[nH]1. The van der Waals surface area contributed by atoms with Gasteiger partial charge in [-0.05, 0) is 30.7 Å². The highest BCUT2D eigenvalue weighted by Crippen LogP contribution is 2.30. The molecule has 2 rings (SSSR count). The smallest absolute Gasteiger partial charge is 0.244 e. The molecule has 3 N–H and O–H groups in total. The van der Waals surface area contributed by atoms with Gasteiger partial charge >= 0.3 is 0 Å². The van der Waals surface area contributed by atoms with Crippen molar-refractivity contribution in [3.05, 3.63) is 5.82 Å². The number of hydrogen-bond donors (Lipinski definition) is 2. The molecule has 1 fully saturated rings. The van der Waals surface area contributed by atoms with Crippen LogP contribution in [0.2, 0.25) is 0 Å². The van der Waals surface area contributed by atoms with Crippen LogP contribution >= 0.6 is 0 Å².